The minimum atomic E-state index is -0.0959. The van der Waals surface area contributed by atoms with Gasteiger partial charge in [0.2, 0.25) is 0 Å². The number of fused-ring (bicyclic) bond motifs is 1. The maximum atomic E-state index is 12.8. The zero-order chi connectivity index (χ0) is 19.7. The maximum Gasteiger partial charge on any atom is 0.261 e. The molecule has 0 spiro atoms. The Morgan fingerprint density at radius 2 is 2.00 bits per heavy atom. The van der Waals surface area contributed by atoms with Gasteiger partial charge in [-0.1, -0.05) is 29.8 Å². The van der Waals surface area contributed by atoms with E-state index in [0.717, 1.165) is 27.0 Å². The van der Waals surface area contributed by atoms with Crippen LogP contribution in [-0.4, -0.2) is 20.7 Å². The summed E-state index contributed by atoms with van der Waals surface area (Å²) in [7, 11) is 0. The molecule has 1 amide bonds. The highest BCUT2D eigenvalue weighted by Gasteiger charge is 2.18. The molecule has 0 radical (unpaired) electrons. The number of hydrogen-bond acceptors (Lipinski definition) is 4. The van der Waals surface area contributed by atoms with Crippen molar-refractivity contribution in [3.8, 4) is 0 Å². The number of aryl methyl sites for hydroxylation is 1. The molecule has 1 aromatic carbocycles. The van der Waals surface area contributed by atoms with E-state index < -0.39 is 0 Å². The van der Waals surface area contributed by atoms with Gasteiger partial charge in [0.05, 0.1) is 23.2 Å². The van der Waals surface area contributed by atoms with E-state index in [-0.39, 0.29) is 11.9 Å². The number of carbonyl (C=O) groups is 1. The van der Waals surface area contributed by atoms with E-state index in [1.807, 2.05) is 61.0 Å². The highest BCUT2D eigenvalue weighted by Crippen LogP contribution is 2.30. The molecule has 0 bridgehead atoms. The number of carbonyl (C=O) groups excluding carboxylic acids is 1. The van der Waals surface area contributed by atoms with Gasteiger partial charge in [-0.3, -0.25) is 14.5 Å². The maximum absolute atomic E-state index is 12.8. The summed E-state index contributed by atoms with van der Waals surface area (Å²) in [5.41, 5.74) is 2.92. The summed E-state index contributed by atoms with van der Waals surface area (Å²) >= 11 is 7.75. The smallest absolute Gasteiger partial charge is 0.261 e. The average Bonchev–Trinajstić information content (AvgIpc) is 3.26. The topological polar surface area (TPSA) is 59.8 Å². The van der Waals surface area contributed by atoms with Gasteiger partial charge in [0.15, 0.2) is 0 Å². The first-order valence-electron chi connectivity index (χ1n) is 8.94. The minimum absolute atomic E-state index is 0.0887. The van der Waals surface area contributed by atoms with E-state index in [9.17, 15) is 4.79 Å². The molecule has 1 unspecified atom stereocenters. The van der Waals surface area contributed by atoms with Crippen molar-refractivity contribution >= 4 is 39.1 Å². The summed E-state index contributed by atoms with van der Waals surface area (Å²) in [6.45, 7) is 4.49. The highest BCUT2D eigenvalue weighted by atomic mass is 35.5. The fourth-order valence-electron chi connectivity index (χ4n) is 3.12. The first-order valence-corrected chi connectivity index (χ1v) is 10.1. The molecule has 28 heavy (non-hydrogen) atoms. The second-order valence-corrected chi connectivity index (χ2v) is 8.08. The molecular weight excluding hydrogens is 392 g/mol. The molecule has 3 aromatic heterocycles. The lowest BCUT2D eigenvalue weighted by atomic mass is 10.1. The van der Waals surface area contributed by atoms with Crippen molar-refractivity contribution in [1.82, 2.24) is 20.1 Å². The van der Waals surface area contributed by atoms with E-state index in [0.29, 0.717) is 16.4 Å². The van der Waals surface area contributed by atoms with Crippen LogP contribution >= 0.6 is 22.9 Å². The number of pyridine rings is 1. The van der Waals surface area contributed by atoms with Gasteiger partial charge in [-0.05, 0) is 49.2 Å². The van der Waals surface area contributed by atoms with Crippen LogP contribution in [0.4, 0.5) is 0 Å². The zero-order valence-electron chi connectivity index (χ0n) is 15.5. The van der Waals surface area contributed by atoms with Crippen molar-refractivity contribution in [2.24, 2.45) is 0 Å². The molecular formula is C21H19ClN4OS. The number of benzene rings is 1. The van der Waals surface area contributed by atoms with Gasteiger partial charge in [-0.15, -0.1) is 11.3 Å². The molecule has 5 nitrogen and oxygen atoms in total. The summed E-state index contributed by atoms with van der Waals surface area (Å²) in [6, 6.07) is 13.4. The molecule has 0 fully saturated rings. The SMILES string of the molecule is Cc1nn(Cc2ccccc2Cl)c2sc(C(=O)NC(C)c3ccncc3)cc12. The Labute approximate surface area is 172 Å². The molecule has 0 aliphatic heterocycles. The first kappa shape index (κ1) is 18.7. The first-order chi connectivity index (χ1) is 13.5. The van der Waals surface area contributed by atoms with Crippen LogP contribution in [0.2, 0.25) is 5.02 Å². The second kappa shape index (κ2) is 7.73. The van der Waals surface area contributed by atoms with E-state index >= 15 is 0 Å². The summed E-state index contributed by atoms with van der Waals surface area (Å²) in [5.74, 6) is -0.0887. The van der Waals surface area contributed by atoms with Crippen LogP contribution in [0.15, 0.2) is 54.9 Å². The summed E-state index contributed by atoms with van der Waals surface area (Å²) < 4.78 is 1.92. The van der Waals surface area contributed by atoms with Crippen molar-refractivity contribution in [3.05, 3.63) is 81.6 Å². The fourth-order valence-corrected chi connectivity index (χ4v) is 4.38. The lowest BCUT2D eigenvalue weighted by molar-refractivity contribution is 0.0944. The number of thiophene rings is 1. The van der Waals surface area contributed by atoms with Crippen LogP contribution in [0.3, 0.4) is 0 Å². The molecule has 1 N–H and O–H groups in total. The predicted molar refractivity (Wildman–Crippen MR) is 113 cm³/mol. The molecule has 0 aliphatic carbocycles. The fraction of sp³-hybridized carbons (Fsp3) is 0.190. The quantitative estimate of drug-likeness (QED) is 0.504. The Kier molecular flexibility index (Phi) is 5.15. The Morgan fingerprint density at radius 3 is 2.75 bits per heavy atom. The average molecular weight is 411 g/mol. The Bertz CT molecular complexity index is 1140. The number of nitrogens with zero attached hydrogens (tertiary/aromatic N) is 3. The standard InChI is InChI=1S/C21H19ClN4OS/c1-13(15-7-9-23-10-8-15)24-20(27)19-11-17-14(2)25-26(21(17)28-19)12-16-5-3-4-6-18(16)22/h3-11,13H,12H2,1-2H3,(H,24,27). The van der Waals surface area contributed by atoms with Crippen molar-refractivity contribution in [2.45, 2.75) is 26.4 Å². The number of aromatic nitrogens is 3. The minimum Gasteiger partial charge on any atom is -0.345 e. The molecule has 3 heterocycles. The van der Waals surface area contributed by atoms with E-state index in [1.54, 1.807) is 12.4 Å². The van der Waals surface area contributed by atoms with Crippen molar-refractivity contribution in [3.63, 3.8) is 0 Å². The molecule has 0 saturated carbocycles. The third-order valence-electron chi connectivity index (χ3n) is 4.66. The van der Waals surface area contributed by atoms with E-state index in [1.165, 1.54) is 11.3 Å². The van der Waals surface area contributed by atoms with Crippen LogP contribution in [0.1, 0.15) is 39.5 Å². The monoisotopic (exact) mass is 410 g/mol. The van der Waals surface area contributed by atoms with Crippen molar-refractivity contribution < 1.29 is 4.79 Å². The van der Waals surface area contributed by atoms with Crippen molar-refractivity contribution in [2.75, 3.05) is 0 Å². The number of halogens is 1. The highest BCUT2D eigenvalue weighted by molar-refractivity contribution is 7.20. The third-order valence-corrected chi connectivity index (χ3v) is 6.18. The molecule has 1 atom stereocenters. The van der Waals surface area contributed by atoms with Crippen LogP contribution in [-0.2, 0) is 6.54 Å². The number of amides is 1. The van der Waals surface area contributed by atoms with Crippen LogP contribution in [0.25, 0.3) is 10.2 Å². The van der Waals surface area contributed by atoms with Gasteiger partial charge in [0.25, 0.3) is 5.91 Å². The van der Waals surface area contributed by atoms with E-state index in [4.69, 9.17) is 11.6 Å². The third kappa shape index (κ3) is 3.66. The molecule has 4 rings (SSSR count). The van der Waals surface area contributed by atoms with Gasteiger partial charge < -0.3 is 5.32 Å². The summed E-state index contributed by atoms with van der Waals surface area (Å²) in [5, 5.41) is 9.39. The zero-order valence-corrected chi connectivity index (χ0v) is 17.1. The van der Waals surface area contributed by atoms with Gasteiger partial charge in [0.1, 0.15) is 4.83 Å². The normalized spacial score (nSPS) is 12.2. The van der Waals surface area contributed by atoms with Crippen LogP contribution in [0.5, 0.6) is 0 Å². The Balaban J connectivity index is 1.59. The summed E-state index contributed by atoms with van der Waals surface area (Å²) in [4.78, 5) is 18.4. The number of nitrogens with one attached hydrogen (secondary N) is 1. The number of rotatable bonds is 5. The van der Waals surface area contributed by atoms with Gasteiger partial charge >= 0.3 is 0 Å². The Hall–Kier alpha value is -2.70. The lowest BCUT2D eigenvalue weighted by Gasteiger charge is -2.13. The lowest BCUT2D eigenvalue weighted by Crippen LogP contribution is -2.25. The van der Waals surface area contributed by atoms with E-state index in [2.05, 4.69) is 15.4 Å². The molecule has 0 aliphatic rings. The molecule has 7 heteroatoms. The molecule has 142 valence electrons. The second-order valence-electron chi connectivity index (χ2n) is 6.64. The van der Waals surface area contributed by atoms with Crippen LogP contribution in [0, 0.1) is 6.92 Å². The van der Waals surface area contributed by atoms with Crippen molar-refractivity contribution in [1.29, 1.82) is 0 Å². The van der Waals surface area contributed by atoms with Gasteiger partial charge in [-0.25, -0.2) is 0 Å². The van der Waals surface area contributed by atoms with Gasteiger partial charge in [0, 0.05) is 22.8 Å². The number of hydrogen-bond donors (Lipinski definition) is 1. The molecule has 4 aromatic rings. The predicted octanol–water partition coefficient (Wildman–Crippen LogP) is 4.99. The largest absolute Gasteiger partial charge is 0.345 e. The van der Waals surface area contributed by atoms with Gasteiger partial charge in [-0.2, -0.15) is 5.10 Å². The van der Waals surface area contributed by atoms with Crippen LogP contribution < -0.4 is 5.32 Å². The Morgan fingerprint density at radius 1 is 1.25 bits per heavy atom. The molecule has 0 saturated heterocycles. The summed E-state index contributed by atoms with van der Waals surface area (Å²) in [6.07, 6.45) is 3.45.